The van der Waals surface area contributed by atoms with Crippen LogP contribution in [0, 0.1) is 5.82 Å². The van der Waals surface area contributed by atoms with E-state index in [0.717, 1.165) is 10.9 Å². The molecular weight excluding hydrogens is 181 g/mol. The molecule has 2 rings (SSSR count). The van der Waals surface area contributed by atoms with Crippen LogP contribution in [0.2, 0.25) is 0 Å². The normalized spacial score (nSPS) is 10.7. The van der Waals surface area contributed by atoms with Gasteiger partial charge in [-0.3, -0.25) is 4.79 Å². The molecule has 0 aliphatic carbocycles. The second-order valence-electron chi connectivity index (χ2n) is 3.19. The van der Waals surface area contributed by atoms with Crippen LogP contribution in [0.3, 0.4) is 0 Å². The molecule has 0 spiro atoms. The number of aromatic amines is 1. The first-order chi connectivity index (χ1) is 6.70. The summed E-state index contributed by atoms with van der Waals surface area (Å²) in [5.74, 6) is -0.242. The fraction of sp³-hybridized carbons (Fsp3) is 0.182. The van der Waals surface area contributed by atoms with Crippen LogP contribution in [0.1, 0.15) is 23.8 Å². The van der Waals surface area contributed by atoms with Crippen molar-refractivity contribution in [3.8, 4) is 0 Å². The quantitative estimate of drug-likeness (QED) is 0.727. The minimum Gasteiger partial charge on any atom is -0.352 e. The minimum atomic E-state index is -0.285. The number of fused-ring (bicyclic) bond motifs is 1. The van der Waals surface area contributed by atoms with Gasteiger partial charge in [0.1, 0.15) is 5.82 Å². The van der Waals surface area contributed by atoms with Crippen molar-refractivity contribution in [2.24, 2.45) is 0 Å². The topological polar surface area (TPSA) is 32.9 Å². The average Bonchev–Trinajstić information content (AvgIpc) is 2.59. The molecule has 0 bridgehead atoms. The Bertz CT molecular complexity index is 487. The third-order valence-electron chi connectivity index (χ3n) is 2.20. The number of hydrogen-bond donors (Lipinski definition) is 1. The van der Waals surface area contributed by atoms with E-state index in [1.165, 1.54) is 12.1 Å². The van der Waals surface area contributed by atoms with Gasteiger partial charge >= 0.3 is 0 Å². The van der Waals surface area contributed by atoms with Crippen molar-refractivity contribution < 1.29 is 9.18 Å². The molecule has 0 radical (unpaired) electrons. The van der Waals surface area contributed by atoms with Crippen molar-refractivity contribution in [3.63, 3.8) is 0 Å². The number of carbonyl (C=O) groups is 1. The second kappa shape index (κ2) is 3.25. The van der Waals surface area contributed by atoms with Gasteiger partial charge in [-0.2, -0.15) is 0 Å². The number of H-pyrrole nitrogens is 1. The number of aromatic nitrogens is 1. The van der Waals surface area contributed by atoms with Crippen molar-refractivity contribution in [3.05, 3.63) is 35.8 Å². The maximum Gasteiger partial charge on any atom is 0.178 e. The van der Waals surface area contributed by atoms with Crippen LogP contribution in [-0.4, -0.2) is 10.8 Å². The molecule has 72 valence electrons. The lowest BCUT2D eigenvalue weighted by atomic mass is 10.2. The van der Waals surface area contributed by atoms with Crippen molar-refractivity contribution in [1.29, 1.82) is 0 Å². The molecule has 1 heterocycles. The molecule has 2 aromatic rings. The van der Waals surface area contributed by atoms with Gasteiger partial charge in [-0.15, -0.1) is 0 Å². The van der Waals surface area contributed by atoms with Gasteiger partial charge in [0.05, 0.1) is 5.69 Å². The van der Waals surface area contributed by atoms with Gasteiger partial charge < -0.3 is 4.98 Å². The molecule has 0 aliphatic heterocycles. The molecule has 2 nitrogen and oxygen atoms in total. The molecule has 3 heteroatoms. The molecule has 0 unspecified atom stereocenters. The Morgan fingerprint density at radius 1 is 1.43 bits per heavy atom. The summed E-state index contributed by atoms with van der Waals surface area (Å²) in [6, 6.07) is 6.11. The molecule has 0 saturated carbocycles. The lowest BCUT2D eigenvalue weighted by Crippen LogP contribution is -1.95. The first kappa shape index (κ1) is 8.94. The van der Waals surface area contributed by atoms with Crippen molar-refractivity contribution in [2.45, 2.75) is 13.3 Å². The Labute approximate surface area is 80.7 Å². The zero-order valence-corrected chi connectivity index (χ0v) is 7.80. The predicted molar refractivity (Wildman–Crippen MR) is 52.9 cm³/mol. The van der Waals surface area contributed by atoms with Crippen molar-refractivity contribution >= 4 is 16.7 Å². The van der Waals surface area contributed by atoms with Gasteiger partial charge in [0.25, 0.3) is 0 Å². The zero-order valence-electron chi connectivity index (χ0n) is 7.80. The van der Waals surface area contributed by atoms with E-state index in [1.807, 2.05) is 0 Å². The van der Waals surface area contributed by atoms with E-state index < -0.39 is 0 Å². The SMILES string of the molecule is CCC(=O)c1cc2cc(F)ccc2[nH]1. The summed E-state index contributed by atoms with van der Waals surface area (Å²) in [6.07, 6.45) is 0.454. The summed E-state index contributed by atoms with van der Waals surface area (Å²) in [5.41, 5.74) is 1.34. The summed E-state index contributed by atoms with van der Waals surface area (Å²) >= 11 is 0. The van der Waals surface area contributed by atoms with Gasteiger partial charge in [0.2, 0.25) is 0 Å². The highest BCUT2D eigenvalue weighted by molar-refractivity contribution is 5.99. The lowest BCUT2D eigenvalue weighted by Gasteiger charge is -1.89. The van der Waals surface area contributed by atoms with Gasteiger partial charge in [-0.05, 0) is 24.3 Å². The Hall–Kier alpha value is -1.64. The van der Waals surface area contributed by atoms with E-state index in [2.05, 4.69) is 4.98 Å². The van der Waals surface area contributed by atoms with Gasteiger partial charge in [0.15, 0.2) is 5.78 Å². The van der Waals surface area contributed by atoms with Crippen LogP contribution in [-0.2, 0) is 0 Å². The van der Waals surface area contributed by atoms with E-state index in [0.29, 0.717) is 12.1 Å². The number of hydrogen-bond acceptors (Lipinski definition) is 1. The summed E-state index contributed by atoms with van der Waals surface area (Å²) in [6.45, 7) is 1.80. The Kier molecular flexibility index (Phi) is 2.08. The highest BCUT2D eigenvalue weighted by Gasteiger charge is 2.07. The number of carbonyl (C=O) groups excluding carboxylic acids is 1. The van der Waals surface area contributed by atoms with E-state index in [1.54, 1.807) is 19.1 Å². The van der Waals surface area contributed by atoms with Crippen LogP contribution >= 0.6 is 0 Å². The van der Waals surface area contributed by atoms with Gasteiger partial charge in [0, 0.05) is 17.3 Å². The number of Topliss-reactive ketones (excluding diaryl/α,β-unsaturated/α-hetero) is 1. The molecule has 1 aromatic heterocycles. The number of ketones is 1. The molecular formula is C11H10FNO. The third kappa shape index (κ3) is 1.41. The van der Waals surface area contributed by atoms with E-state index >= 15 is 0 Å². The summed E-state index contributed by atoms with van der Waals surface area (Å²) < 4.78 is 12.8. The van der Waals surface area contributed by atoms with Crippen LogP contribution in [0.25, 0.3) is 10.9 Å². The smallest absolute Gasteiger partial charge is 0.178 e. The Morgan fingerprint density at radius 2 is 2.21 bits per heavy atom. The van der Waals surface area contributed by atoms with Crippen LogP contribution in [0.15, 0.2) is 24.3 Å². The molecule has 0 fully saturated rings. The predicted octanol–water partition coefficient (Wildman–Crippen LogP) is 2.90. The van der Waals surface area contributed by atoms with E-state index in [4.69, 9.17) is 0 Å². The van der Waals surface area contributed by atoms with Gasteiger partial charge in [-0.25, -0.2) is 4.39 Å². The maximum atomic E-state index is 12.8. The highest BCUT2D eigenvalue weighted by Crippen LogP contribution is 2.17. The molecule has 1 N–H and O–H groups in total. The standard InChI is InChI=1S/C11H10FNO/c1-2-11(14)10-6-7-5-8(12)3-4-9(7)13-10/h3-6,13H,2H2,1H3. The van der Waals surface area contributed by atoms with Crippen molar-refractivity contribution in [2.75, 3.05) is 0 Å². The summed E-state index contributed by atoms with van der Waals surface area (Å²) in [5, 5.41) is 0.738. The van der Waals surface area contributed by atoms with Gasteiger partial charge in [-0.1, -0.05) is 6.92 Å². The molecule has 14 heavy (non-hydrogen) atoms. The Balaban J connectivity index is 2.56. The van der Waals surface area contributed by atoms with Crippen LogP contribution in [0.4, 0.5) is 4.39 Å². The summed E-state index contributed by atoms with van der Waals surface area (Å²) in [4.78, 5) is 14.3. The first-order valence-electron chi connectivity index (χ1n) is 4.52. The highest BCUT2D eigenvalue weighted by atomic mass is 19.1. The second-order valence-corrected chi connectivity index (χ2v) is 3.19. The average molecular weight is 191 g/mol. The number of rotatable bonds is 2. The molecule has 0 saturated heterocycles. The fourth-order valence-electron chi connectivity index (χ4n) is 1.44. The van der Waals surface area contributed by atoms with Crippen molar-refractivity contribution in [1.82, 2.24) is 4.98 Å². The Morgan fingerprint density at radius 3 is 2.93 bits per heavy atom. The third-order valence-corrected chi connectivity index (χ3v) is 2.20. The van der Waals surface area contributed by atoms with E-state index in [-0.39, 0.29) is 11.6 Å². The number of halogens is 1. The first-order valence-corrected chi connectivity index (χ1v) is 4.52. The summed E-state index contributed by atoms with van der Waals surface area (Å²) in [7, 11) is 0. The maximum absolute atomic E-state index is 12.8. The monoisotopic (exact) mass is 191 g/mol. The largest absolute Gasteiger partial charge is 0.352 e. The van der Waals surface area contributed by atoms with Crippen LogP contribution in [0.5, 0.6) is 0 Å². The van der Waals surface area contributed by atoms with Crippen LogP contribution < -0.4 is 0 Å². The molecule has 1 aromatic carbocycles. The molecule has 0 amide bonds. The van der Waals surface area contributed by atoms with E-state index in [9.17, 15) is 9.18 Å². The number of benzene rings is 1. The molecule has 0 aliphatic rings. The lowest BCUT2D eigenvalue weighted by molar-refractivity contribution is 0.0984. The zero-order chi connectivity index (χ0) is 10.1. The molecule has 0 atom stereocenters. The number of nitrogens with one attached hydrogen (secondary N) is 1. The minimum absolute atomic E-state index is 0.0432. The fourth-order valence-corrected chi connectivity index (χ4v) is 1.44.